The molecule has 1 N–H and O–H groups in total. The van der Waals surface area contributed by atoms with E-state index in [1.807, 2.05) is 36.6 Å². The molecule has 0 spiro atoms. The molecule has 2 aromatic carbocycles. The SMILES string of the molecule is COc1cc(SC)ccc1C(=O)OCC(=O)c1c[nH]c2ccccc12. The minimum absolute atomic E-state index is 0.259. The van der Waals surface area contributed by atoms with Crippen molar-refractivity contribution in [1.82, 2.24) is 4.98 Å². The number of esters is 1. The van der Waals surface area contributed by atoms with Crippen LogP contribution < -0.4 is 4.74 Å². The van der Waals surface area contributed by atoms with Crippen molar-refractivity contribution in [3.8, 4) is 5.75 Å². The summed E-state index contributed by atoms with van der Waals surface area (Å²) in [5.74, 6) is -0.417. The number of carbonyl (C=O) groups is 2. The molecular formula is C19H17NO4S. The molecule has 0 atom stereocenters. The van der Waals surface area contributed by atoms with Crippen LogP contribution in [0.4, 0.5) is 0 Å². The van der Waals surface area contributed by atoms with Gasteiger partial charge in [-0.3, -0.25) is 4.79 Å². The number of ketones is 1. The van der Waals surface area contributed by atoms with Gasteiger partial charge in [-0.1, -0.05) is 18.2 Å². The number of para-hydroxylation sites is 1. The largest absolute Gasteiger partial charge is 0.496 e. The first-order valence-corrected chi connectivity index (χ1v) is 8.85. The van der Waals surface area contributed by atoms with Crippen LogP contribution in [0.1, 0.15) is 20.7 Å². The Morgan fingerprint density at radius 1 is 1.12 bits per heavy atom. The van der Waals surface area contributed by atoms with Gasteiger partial charge in [0.25, 0.3) is 0 Å². The highest BCUT2D eigenvalue weighted by atomic mass is 32.2. The summed E-state index contributed by atoms with van der Waals surface area (Å²) in [6, 6.07) is 12.7. The van der Waals surface area contributed by atoms with Crippen LogP contribution in [0.25, 0.3) is 10.9 Å². The van der Waals surface area contributed by atoms with E-state index in [0.29, 0.717) is 16.9 Å². The van der Waals surface area contributed by atoms with Gasteiger partial charge in [-0.2, -0.15) is 0 Å². The van der Waals surface area contributed by atoms with E-state index < -0.39 is 5.97 Å². The predicted molar refractivity (Wildman–Crippen MR) is 97.7 cm³/mol. The van der Waals surface area contributed by atoms with Gasteiger partial charge in [-0.15, -0.1) is 11.8 Å². The first-order chi connectivity index (χ1) is 12.1. The first kappa shape index (κ1) is 17.1. The van der Waals surface area contributed by atoms with Crippen molar-refractivity contribution < 1.29 is 19.1 Å². The van der Waals surface area contributed by atoms with Crippen molar-refractivity contribution in [2.75, 3.05) is 20.0 Å². The van der Waals surface area contributed by atoms with E-state index >= 15 is 0 Å². The second kappa shape index (κ2) is 7.44. The number of carbonyl (C=O) groups excluding carboxylic acids is 2. The molecule has 0 amide bonds. The van der Waals surface area contributed by atoms with Crippen LogP contribution in [0.5, 0.6) is 5.75 Å². The Hall–Kier alpha value is -2.73. The lowest BCUT2D eigenvalue weighted by Crippen LogP contribution is -2.14. The summed E-state index contributed by atoms with van der Waals surface area (Å²) in [5.41, 5.74) is 1.67. The number of nitrogens with one attached hydrogen (secondary N) is 1. The summed E-state index contributed by atoms with van der Waals surface area (Å²) in [7, 11) is 1.49. The summed E-state index contributed by atoms with van der Waals surface area (Å²) in [5, 5.41) is 0.811. The molecule has 3 rings (SSSR count). The maximum Gasteiger partial charge on any atom is 0.342 e. The molecule has 25 heavy (non-hydrogen) atoms. The molecule has 0 aliphatic carbocycles. The van der Waals surface area contributed by atoms with Crippen LogP contribution >= 0.6 is 11.8 Å². The number of benzene rings is 2. The molecule has 5 nitrogen and oxygen atoms in total. The zero-order chi connectivity index (χ0) is 17.8. The molecule has 0 aliphatic heterocycles. The fourth-order valence-corrected chi connectivity index (χ4v) is 2.98. The van der Waals surface area contributed by atoms with Crippen molar-refractivity contribution in [3.63, 3.8) is 0 Å². The molecule has 0 saturated heterocycles. The number of hydrogen-bond donors (Lipinski definition) is 1. The van der Waals surface area contributed by atoms with E-state index in [1.165, 1.54) is 7.11 Å². The first-order valence-electron chi connectivity index (χ1n) is 7.62. The number of methoxy groups -OCH3 is 1. The number of hydrogen-bond acceptors (Lipinski definition) is 5. The average molecular weight is 355 g/mol. The maximum atomic E-state index is 12.4. The fourth-order valence-electron chi connectivity index (χ4n) is 2.56. The zero-order valence-corrected chi connectivity index (χ0v) is 14.7. The lowest BCUT2D eigenvalue weighted by molar-refractivity contribution is 0.0472. The fraction of sp³-hybridized carbons (Fsp3) is 0.158. The number of fused-ring (bicyclic) bond motifs is 1. The number of aromatic amines is 1. The summed E-state index contributed by atoms with van der Waals surface area (Å²) in [4.78, 5) is 28.7. The van der Waals surface area contributed by atoms with Crippen LogP contribution in [0.3, 0.4) is 0 Å². The molecule has 3 aromatic rings. The van der Waals surface area contributed by atoms with E-state index in [-0.39, 0.29) is 12.4 Å². The molecule has 0 unspecified atom stereocenters. The van der Waals surface area contributed by atoms with Gasteiger partial charge in [-0.05, 0) is 30.5 Å². The zero-order valence-electron chi connectivity index (χ0n) is 13.9. The highest BCUT2D eigenvalue weighted by Gasteiger charge is 2.18. The van der Waals surface area contributed by atoms with Gasteiger partial charge in [0.05, 0.1) is 7.11 Å². The highest BCUT2D eigenvalue weighted by Crippen LogP contribution is 2.26. The molecule has 128 valence electrons. The Kier molecular flexibility index (Phi) is 5.09. The standard InChI is InChI=1S/C19H17NO4S/c1-23-18-9-12(25-2)7-8-14(18)19(22)24-11-17(21)15-10-20-16-6-4-3-5-13(15)16/h3-10,20H,11H2,1-2H3. The van der Waals surface area contributed by atoms with Crippen molar-refractivity contribution >= 4 is 34.4 Å². The van der Waals surface area contributed by atoms with E-state index in [2.05, 4.69) is 4.98 Å². The molecular weight excluding hydrogens is 338 g/mol. The van der Waals surface area contributed by atoms with Crippen molar-refractivity contribution in [2.24, 2.45) is 0 Å². The van der Waals surface area contributed by atoms with E-state index in [0.717, 1.165) is 15.8 Å². The molecule has 0 bridgehead atoms. The smallest absolute Gasteiger partial charge is 0.342 e. The van der Waals surface area contributed by atoms with Gasteiger partial charge in [-0.25, -0.2) is 4.79 Å². The van der Waals surface area contributed by atoms with Gasteiger partial charge in [0.1, 0.15) is 11.3 Å². The van der Waals surface area contributed by atoms with Crippen LogP contribution in [0.15, 0.2) is 53.6 Å². The third-order valence-electron chi connectivity index (χ3n) is 3.85. The molecule has 1 heterocycles. The lowest BCUT2D eigenvalue weighted by atomic mass is 10.1. The van der Waals surface area contributed by atoms with E-state index in [9.17, 15) is 9.59 Å². The Morgan fingerprint density at radius 3 is 2.68 bits per heavy atom. The Morgan fingerprint density at radius 2 is 1.92 bits per heavy atom. The van der Waals surface area contributed by atoms with Crippen molar-refractivity contribution in [2.45, 2.75) is 4.90 Å². The minimum atomic E-state index is -0.585. The van der Waals surface area contributed by atoms with Crippen LogP contribution in [0.2, 0.25) is 0 Å². The van der Waals surface area contributed by atoms with Gasteiger partial charge < -0.3 is 14.5 Å². The third-order valence-corrected chi connectivity index (χ3v) is 4.58. The number of ether oxygens (including phenoxy) is 2. The van der Waals surface area contributed by atoms with E-state index in [1.54, 1.807) is 30.1 Å². The number of Topliss-reactive ketones (excluding diaryl/α,β-unsaturated/α-hetero) is 1. The van der Waals surface area contributed by atoms with Crippen LogP contribution in [-0.4, -0.2) is 36.7 Å². The second-order valence-electron chi connectivity index (χ2n) is 5.31. The topological polar surface area (TPSA) is 68.4 Å². The van der Waals surface area contributed by atoms with Crippen molar-refractivity contribution in [3.05, 3.63) is 59.8 Å². The molecule has 0 fully saturated rings. The van der Waals surface area contributed by atoms with Crippen LogP contribution in [-0.2, 0) is 4.74 Å². The monoisotopic (exact) mass is 355 g/mol. The summed E-state index contributed by atoms with van der Waals surface area (Å²) in [6.45, 7) is -0.325. The van der Waals surface area contributed by atoms with Gasteiger partial charge in [0.2, 0.25) is 5.78 Å². The quantitative estimate of drug-likeness (QED) is 0.412. The summed E-state index contributed by atoms with van der Waals surface area (Å²) < 4.78 is 10.4. The van der Waals surface area contributed by atoms with Gasteiger partial charge >= 0.3 is 5.97 Å². The number of aromatic nitrogens is 1. The minimum Gasteiger partial charge on any atom is -0.496 e. The molecule has 0 aliphatic rings. The Balaban J connectivity index is 1.73. The molecule has 6 heteroatoms. The lowest BCUT2D eigenvalue weighted by Gasteiger charge is -2.09. The maximum absolute atomic E-state index is 12.4. The predicted octanol–water partition coefficient (Wildman–Crippen LogP) is 3.94. The third kappa shape index (κ3) is 3.53. The number of rotatable bonds is 6. The molecule has 1 aromatic heterocycles. The Bertz CT molecular complexity index is 932. The number of thioether (sulfide) groups is 1. The normalized spacial score (nSPS) is 10.6. The number of H-pyrrole nitrogens is 1. The second-order valence-corrected chi connectivity index (χ2v) is 6.19. The average Bonchev–Trinajstić information content (AvgIpc) is 3.09. The highest BCUT2D eigenvalue weighted by molar-refractivity contribution is 7.98. The van der Waals surface area contributed by atoms with E-state index in [4.69, 9.17) is 9.47 Å². The molecule has 0 saturated carbocycles. The van der Waals surface area contributed by atoms with Crippen molar-refractivity contribution in [1.29, 1.82) is 0 Å². The Labute approximate surface area is 149 Å². The van der Waals surface area contributed by atoms with Gasteiger partial charge in [0, 0.05) is 27.6 Å². The summed E-state index contributed by atoms with van der Waals surface area (Å²) in [6.07, 6.45) is 3.57. The van der Waals surface area contributed by atoms with Gasteiger partial charge in [0.15, 0.2) is 6.61 Å². The summed E-state index contributed by atoms with van der Waals surface area (Å²) >= 11 is 1.55. The molecule has 0 radical (unpaired) electrons. The van der Waals surface area contributed by atoms with Crippen LogP contribution in [0, 0.1) is 0 Å².